The highest BCUT2D eigenvalue weighted by molar-refractivity contribution is 7.89. The Balaban J connectivity index is 0.747. The maximum Gasteiger partial charge on any atom is 0.410 e. The molecular weight excluding hydrogens is 1510 g/mol. The van der Waals surface area contributed by atoms with Crippen LogP contribution in [0.3, 0.4) is 0 Å². The molecule has 36 heteroatoms. The summed E-state index contributed by atoms with van der Waals surface area (Å²) in [6, 6.07) is 18.5. The minimum Gasteiger partial charge on any atom is -0.496 e. The van der Waals surface area contributed by atoms with E-state index in [1.165, 1.54) is 108 Å². The van der Waals surface area contributed by atoms with Gasteiger partial charge in [0, 0.05) is 106 Å². The zero-order chi connectivity index (χ0) is 79.0. The molecular formula is C75H87N9O24S3. The van der Waals surface area contributed by atoms with E-state index in [1.54, 1.807) is 57.2 Å². The Morgan fingerprint density at radius 2 is 0.378 bits per heavy atom. The number of ether oxygens (including phenoxy) is 12. The Labute approximate surface area is 642 Å². The summed E-state index contributed by atoms with van der Waals surface area (Å²) in [7, 11) is -4.16. The molecule has 6 aromatic rings. The smallest absolute Gasteiger partial charge is 0.410 e. The Morgan fingerprint density at radius 3 is 0.505 bits per heavy atom. The quantitative estimate of drug-likeness (QED) is 0.105. The topological polar surface area (TPSA) is 345 Å². The first-order valence-electron chi connectivity index (χ1n) is 35.8. The Bertz CT molecular complexity index is 4210. The second-order valence-corrected chi connectivity index (χ2v) is 33.2. The molecule has 0 unspecified atom stereocenters. The number of methoxy groups -OCH3 is 6. The molecule has 10 aliphatic rings. The van der Waals surface area contributed by atoms with Crippen LogP contribution in [0.4, 0.5) is 28.8 Å². The largest absolute Gasteiger partial charge is 0.496 e. The summed E-state index contributed by atoms with van der Waals surface area (Å²) in [6.07, 6.45) is -4.73. The van der Waals surface area contributed by atoms with Crippen molar-refractivity contribution in [2.75, 3.05) is 122 Å². The van der Waals surface area contributed by atoms with Crippen LogP contribution in [-0.2, 0) is 137 Å². The van der Waals surface area contributed by atoms with Crippen molar-refractivity contribution in [2.45, 2.75) is 114 Å². The predicted molar refractivity (Wildman–Crippen MR) is 392 cm³/mol. The zero-order valence-corrected chi connectivity index (χ0v) is 65.4. The second-order valence-electron chi connectivity index (χ2n) is 27.4. The van der Waals surface area contributed by atoms with Crippen molar-refractivity contribution < 1.29 is 111 Å². The number of sulfonamides is 3. The molecule has 18 bridgehead atoms. The molecule has 0 atom stereocenters. The van der Waals surface area contributed by atoms with Crippen molar-refractivity contribution >= 4 is 66.6 Å². The van der Waals surface area contributed by atoms with Crippen molar-refractivity contribution in [3.05, 3.63) is 156 Å². The number of rotatable bonds is 12. The predicted octanol–water partition coefficient (Wildman–Crippen LogP) is 7.86. The van der Waals surface area contributed by atoms with Gasteiger partial charge >= 0.3 is 36.6 Å². The lowest BCUT2D eigenvalue weighted by atomic mass is 9.98. The average Bonchev–Trinajstić information content (AvgIpc) is 1.60. The van der Waals surface area contributed by atoms with Gasteiger partial charge in [0.1, 0.15) is 74.1 Å². The monoisotopic (exact) mass is 1590 g/mol. The van der Waals surface area contributed by atoms with Gasteiger partial charge in [0.2, 0.25) is 30.1 Å². The van der Waals surface area contributed by atoms with E-state index in [0.29, 0.717) is 101 Å². The van der Waals surface area contributed by atoms with Crippen LogP contribution in [0.25, 0.3) is 0 Å². The first-order valence-corrected chi connectivity index (χ1v) is 40.1. The highest BCUT2D eigenvalue weighted by Crippen LogP contribution is 2.51. The summed E-state index contributed by atoms with van der Waals surface area (Å²) >= 11 is 0. The van der Waals surface area contributed by atoms with Crippen LogP contribution in [-0.4, -0.2) is 226 Å². The number of benzene rings is 6. The molecule has 10 heterocycles. The van der Waals surface area contributed by atoms with Crippen LogP contribution in [0.5, 0.6) is 34.5 Å². The number of nitrogens with zero attached hydrogens (tertiary/aromatic N) is 9. The molecule has 33 nitrogen and oxygen atoms in total. The van der Waals surface area contributed by atoms with Gasteiger partial charge in [-0.25, -0.2) is 54.0 Å². The van der Waals surface area contributed by atoms with E-state index < -0.39 is 106 Å². The van der Waals surface area contributed by atoms with E-state index in [9.17, 15) is 54.0 Å². The third-order valence-electron chi connectivity index (χ3n) is 20.8. The van der Waals surface area contributed by atoms with Crippen molar-refractivity contribution in [3.8, 4) is 34.5 Å². The third kappa shape index (κ3) is 15.4. The van der Waals surface area contributed by atoms with E-state index in [2.05, 4.69) is 0 Å². The van der Waals surface area contributed by atoms with Gasteiger partial charge in [-0.3, -0.25) is 29.4 Å². The molecule has 10 aliphatic heterocycles. The number of carbonyl (C=O) groups excluding carboxylic acids is 6. The third-order valence-corrected chi connectivity index (χ3v) is 26.5. The Kier molecular flexibility index (Phi) is 23.0. The molecule has 0 radical (unpaired) electrons. The van der Waals surface area contributed by atoms with Crippen LogP contribution in [0.2, 0.25) is 0 Å². The van der Waals surface area contributed by atoms with Gasteiger partial charge < -0.3 is 56.8 Å². The standard InChI is InChI=1S/C75H87N9O24S3/c1-46-10-16-49(17-11-46)109(91,92)82-22-28-103-70(85)76-34-52-53(35-76)65(98-5)57-39-78(38-56(57)64(52)97-4)72(87)105-30-24-83(110(93,94)50-18-12-47(2)13-19-50)26-32-107-74(89)80-42-60-61(43-80)69(102-9)63-45-81(44-62(63)68(60)101-8)75(90)108-33-27-84(111(95,96)51-20-14-48(3)15-21-51)25-31-106-73(88)79-40-58-59(41-79)67(100-7)55-37-77(71(86)104-29-23-82)36-54(55)66(58)99-6/h10-21H,22-45H2,1-9H3. The fraction of sp³-hybridized carbons (Fsp3) is 0.440. The SMILES string of the molecule is COc1c2c3c(OC)c4c1CN(C4)C(=O)OCCN(S(=O)(=O)c1ccc(C)cc1)CCOC(=O)N1Cc4c(c(OC)c5c(c4OC)CN(C5)C(=O)OCCN(S(=O)(=O)c4ccc(C)cc4)CCOC(=O)N4Cc5c(c(OC)c6c(c5OC)CN(C6)C(=O)OCCN(S(=O)(=O)c5ccc(C)cc5)CCOC(=O)N(C2)C3)C4)C1. The molecule has 111 heavy (non-hydrogen) atoms. The Morgan fingerprint density at radius 1 is 0.243 bits per heavy atom. The van der Waals surface area contributed by atoms with Gasteiger partial charge in [-0.2, -0.15) is 12.9 Å². The van der Waals surface area contributed by atoms with Gasteiger partial charge in [0.15, 0.2) is 0 Å². The molecule has 0 fully saturated rings. The fourth-order valence-electron chi connectivity index (χ4n) is 15.2. The van der Waals surface area contributed by atoms with Crippen molar-refractivity contribution in [1.82, 2.24) is 42.3 Å². The summed E-state index contributed by atoms with van der Waals surface area (Å²) in [4.78, 5) is 92.7. The maximum atomic E-state index is 14.4. The van der Waals surface area contributed by atoms with Crippen LogP contribution < -0.4 is 28.4 Å². The highest BCUT2D eigenvalue weighted by atomic mass is 32.2. The van der Waals surface area contributed by atoms with Gasteiger partial charge in [-0.15, -0.1) is 0 Å². The van der Waals surface area contributed by atoms with E-state index in [-0.39, 0.29) is 132 Å². The van der Waals surface area contributed by atoms with Crippen LogP contribution in [0.1, 0.15) is 83.5 Å². The molecule has 16 rings (SSSR count). The summed E-state index contributed by atoms with van der Waals surface area (Å²) in [6.45, 7) is 0.508. The molecule has 0 aliphatic carbocycles. The number of amides is 6. The lowest BCUT2D eigenvalue weighted by Crippen LogP contribution is -2.39. The minimum atomic E-state index is -4.29. The first kappa shape index (κ1) is 78.6. The number of hydrogen-bond acceptors (Lipinski definition) is 24. The van der Waals surface area contributed by atoms with Crippen molar-refractivity contribution in [1.29, 1.82) is 0 Å². The van der Waals surface area contributed by atoms with Gasteiger partial charge in [-0.1, -0.05) is 53.1 Å². The average molecular weight is 1590 g/mol. The van der Waals surface area contributed by atoms with E-state index in [0.717, 1.165) is 29.6 Å². The van der Waals surface area contributed by atoms with Crippen LogP contribution in [0, 0.1) is 20.8 Å². The summed E-state index contributed by atoms with van der Waals surface area (Å²) < 4.78 is 160. The molecule has 0 spiro atoms. The number of carbonyl (C=O) groups is 6. The molecule has 6 aromatic carbocycles. The van der Waals surface area contributed by atoms with Crippen molar-refractivity contribution in [2.24, 2.45) is 0 Å². The van der Waals surface area contributed by atoms with Gasteiger partial charge in [0.25, 0.3) is 0 Å². The summed E-state index contributed by atoms with van der Waals surface area (Å²) in [5, 5.41) is 0. The van der Waals surface area contributed by atoms with Crippen molar-refractivity contribution in [3.63, 3.8) is 0 Å². The molecule has 6 amide bonds. The van der Waals surface area contributed by atoms with Gasteiger partial charge in [0.05, 0.1) is 136 Å². The summed E-state index contributed by atoms with van der Waals surface area (Å²) in [5.41, 5.74) is 9.36. The minimum absolute atomic E-state index is 0.0239. The van der Waals surface area contributed by atoms with Crippen LogP contribution >= 0.6 is 0 Å². The number of aryl methyl sites for hydroxylation is 3. The molecule has 0 N–H and O–H groups in total. The van der Waals surface area contributed by atoms with Crippen LogP contribution in [0.15, 0.2) is 87.5 Å². The molecule has 0 saturated carbocycles. The first-order chi connectivity index (χ1) is 53.2. The normalized spacial score (nSPS) is 18.4. The number of hydrogen-bond donors (Lipinski definition) is 0. The van der Waals surface area contributed by atoms with E-state index >= 15 is 0 Å². The van der Waals surface area contributed by atoms with E-state index in [4.69, 9.17) is 56.8 Å². The summed E-state index contributed by atoms with van der Waals surface area (Å²) in [5.74, 6) is 2.31. The fourth-order valence-corrected chi connectivity index (χ4v) is 19.4. The molecule has 0 saturated heterocycles. The second kappa shape index (κ2) is 32.4. The van der Waals surface area contributed by atoms with Gasteiger partial charge in [-0.05, 0) is 57.2 Å². The maximum absolute atomic E-state index is 14.4. The van der Waals surface area contributed by atoms with E-state index in [1.807, 2.05) is 0 Å². The highest BCUT2D eigenvalue weighted by Gasteiger charge is 2.44. The zero-order valence-electron chi connectivity index (χ0n) is 62.9. The molecule has 0 aromatic heterocycles. The lowest BCUT2D eigenvalue weighted by molar-refractivity contribution is 0.0865. The lowest BCUT2D eigenvalue weighted by Gasteiger charge is -2.24. The Hall–Kier alpha value is -10.5. The molecule has 594 valence electrons.